The summed E-state index contributed by atoms with van der Waals surface area (Å²) in [6.07, 6.45) is 6.78. The zero-order valence-electron chi connectivity index (χ0n) is 10.8. The van der Waals surface area contributed by atoms with Crippen LogP contribution in [0.1, 0.15) is 45.4 Å². The van der Waals surface area contributed by atoms with E-state index in [1.54, 1.807) is 0 Å². The van der Waals surface area contributed by atoms with Crippen molar-refractivity contribution in [2.75, 3.05) is 19.6 Å². The molecular formula is C13H25ClN2O. The van der Waals surface area contributed by atoms with Gasteiger partial charge in [0.1, 0.15) is 0 Å². The molecule has 2 saturated heterocycles. The van der Waals surface area contributed by atoms with E-state index in [0.717, 1.165) is 37.9 Å². The number of hydrogen-bond donors (Lipinski definition) is 1. The summed E-state index contributed by atoms with van der Waals surface area (Å²) >= 11 is 0. The van der Waals surface area contributed by atoms with Gasteiger partial charge in [-0.25, -0.2) is 0 Å². The minimum absolute atomic E-state index is 0. The third kappa shape index (κ3) is 3.85. The summed E-state index contributed by atoms with van der Waals surface area (Å²) in [5.74, 6) is 1.17. The first-order valence-electron chi connectivity index (χ1n) is 6.82. The summed E-state index contributed by atoms with van der Waals surface area (Å²) < 4.78 is 0. The fraction of sp³-hybridized carbons (Fsp3) is 0.923. The van der Waals surface area contributed by atoms with Crippen LogP contribution in [0, 0.1) is 5.92 Å². The lowest BCUT2D eigenvalue weighted by atomic mass is 9.88. The van der Waals surface area contributed by atoms with Gasteiger partial charge in [-0.1, -0.05) is 6.92 Å². The highest BCUT2D eigenvalue weighted by molar-refractivity contribution is 5.85. The second-order valence-corrected chi connectivity index (χ2v) is 5.17. The molecule has 0 radical (unpaired) electrons. The number of hydrogen-bond acceptors (Lipinski definition) is 2. The van der Waals surface area contributed by atoms with E-state index in [2.05, 4.69) is 17.1 Å². The zero-order valence-corrected chi connectivity index (χ0v) is 11.6. The van der Waals surface area contributed by atoms with Gasteiger partial charge in [0.25, 0.3) is 0 Å². The Bertz CT molecular complexity index is 234. The van der Waals surface area contributed by atoms with Crippen molar-refractivity contribution < 1.29 is 4.79 Å². The fourth-order valence-corrected chi connectivity index (χ4v) is 3.04. The number of likely N-dealkylation sites (tertiary alicyclic amines) is 1. The highest BCUT2D eigenvalue weighted by Crippen LogP contribution is 2.25. The van der Waals surface area contributed by atoms with Crippen LogP contribution in [0.5, 0.6) is 0 Å². The Labute approximate surface area is 111 Å². The fourth-order valence-electron chi connectivity index (χ4n) is 3.04. The Morgan fingerprint density at radius 2 is 2.00 bits per heavy atom. The number of amides is 1. The molecule has 2 aliphatic heterocycles. The molecule has 1 atom stereocenters. The Morgan fingerprint density at radius 3 is 2.53 bits per heavy atom. The van der Waals surface area contributed by atoms with Gasteiger partial charge < -0.3 is 10.2 Å². The Morgan fingerprint density at radius 1 is 1.29 bits per heavy atom. The summed E-state index contributed by atoms with van der Waals surface area (Å²) in [4.78, 5) is 13.8. The van der Waals surface area contributed by atoms with E-state index < -0.39 is 0 Å². The molecule has 2 rings (SSSR count). The Kier molecular flexibility index (Phi) is 6.28. The summed E-state index contributed by atoms with van der Waals surface area (Å²) in [6, 6.07) is 0.739. The van der Waals surface area contributed by atoms with Gasteiger partial charge in [-0.15, -0.1) is 12.4 Å². The highest BCUT2D eigenvalue weighted by atomic mass is 35.5. The molecule has 2 fully saturated rings. The lowest BCUT2D eigenvalue weighted by Crippen LogP contribution is -2.43. The number of carbonyl (C=O) groups is 1. The van der Waals surface area contributed by atoms with Crippen molar-refractivity contribution in [1.29, 1.82) is 0 Å². The van der Waals surface area contributed by atoms with Gasteiger partial charge in [-0.3, -0.25) is 4.79 Å². The largest absolute Gasteiger partial charge is 0.343 e. The van der Waals surface area contributed by atoms with Gasteiger partial charge in [0.15, 0.2) is 0 Å². The number of nitrogens with one attached hydrogen (secondary N) is 1. The smallest absolute Gasteiger partial charge is 0.222 e. The Hall–Kier alpha value is -0.280. The minimum atomic E-state index is 0. The SMILES string of the molecule is CCCC(=O)N1CCC(C2CCCN2)CC1.Cl. The summed E-state index contributed by atoms with van der Waals surface area (Å²) in [5, 5.41) is 3.59. The van der Waals surface area contributed by atoms with Crippen molar-refractivity contribution >= 4 is 18.3 Å². The molecule has 3 nitrogen and oxygen atoms in total. The molecule has 4 heteroatoms. The van der Waals surface area contributed by atoms with Gasteiger partial charge >= 0.3 is 0 Å². The molecule has 0 spiro atoms. The number of piperidine rings is 1. The van der Waals surface area contributed by atoms with Crippen LogP contribution in [-0.4, -0.2) is 36.5 Å². The monoisotopic (exact) mass is 260 g/mol. The summed E-state index contributed by atoms with van der Waals surface area (Å²) in [7, 11) is 0. The third-order valence-corrected chi connectivity index (χ3v) is 4.02. The lowest BCUT2D eigenvalue weighted by molar-refractivity contribution is -0.132. The molecule has 1 unspecified atom stereocenters. The topological polar surface area (TPSA) is 32.3 Å². The van der Waals surface area contributed by atoms with Crippen LogP contribution >= 0.6 is 12.4 Å². The summed E-state index contributed by atoms with van der Waals surface area (Å²) in [5.41, 5.74) is 0. The van der Waals surface area contributed by atoms with Gasteiger partial charge in [-0.2, -0.15) is 0 Å². The van der Waals surface area contributed by atoms with E-state index in [0.29, 0.717) is 5.91 Å². The molecule has 100 valence electrons. The number of nitrogens with zero attached hydrogens (tertiary/aromatic N) is 1. The van der Waals surface area contributed by atoms with E-state index in [1.807, 2.05) is 0 Å². The first-order valence-corrected chi connectivity index (χ1v) is 6.82. The van der Waals surface area contributed by atoms with E-state index in [9.17, 15) is 4.79 Å². The van der Waals surface area contributed by atoms with Gasteiger partial charge in [0.2, 0.25) is 5.91 Å². The maximum Gasteiger partial charge on any atom is 0.222 e. The second kappa shape index (κ2) is 7.22. The number of halogens is 1. The first-order chi connectivity index (χ1) is 7.81. The zero-order chi connectivity index (χ0) is 11.4. The molecule has 2 heterocycles. The average molecular weight is 261 g/mol. The average Bonchev–Trinajstić information content (AvgIpc) is 2.83. The standard InChI is InChI=1S/C13H24N2O.ClH/c1-2-4-13(16)15-9-6-11(7-10-15)12-5-3-8-14-12;/h11-12,14H,2-10H2,1H3;1H. The maximum atomic E-state index is 11.7. The number of carbonyl (C=O) groups excluding carboxylic acids is 1. The normalized spacial score (nSPS) is 25.7. The van der Waals surface area contributed by atoms with E-state index in [-0.39, 0.29) is 12.4 Å². The molecule has 0 bridgehead atoms. The van der Waals surface area contributed by atoms with Crippen molar-refractivity contribution in [1.82, 2.24) is 10.2 Å². The molecule has 1 amide bonds. The van der Waals surface area contributed by atoms with E-state index in [1.165, 1.54) is 32.2 Å². The van der Waals surface area contributed by atoms with Crippen LogP contribution in [0.3, 0.4) is 0 Å². The van der Waals surface area contributed by atoms with Crippen molar-refractivity contribution in [3.63, 3.8) is 0 Å². The maximum absolute atomic E-state index is 11.7. The van der Waals surface area contributed by atoms with Gasteiger partial charge in [-0.05, 0) is 44.6 Å². The second-order valence-electron chi connectivity index (χ2n) is 5.17. The lowest BCUT2D eigenvalue weighted by Gasteiger charge is -2.35. The van der Waals surface area contributed by atoms with Crippen LogP contribution in [0.15, 0.2) is 0 Å². The molecule has 1 N–H and O–H groups in total. The third-order valence-electron chi connectivity index (χ3n) is 4.02. The molecule has 0 saturated carbocycles. The first kappa shape index (κ1) is 14.8. The van der Waals surface area contributed by atoms with Crippen molar-refractivity contribution in [2.45, 2.75) is 51.5 Å². The predicted octanol–water partition coefficient (Wildman–Crippen LogP) is 2.20. The highest BCUT2D eigenvalue weighted by Gasteiger charge is 2.29. The van der Waals surface area contributed by atoms with Crippen LogP contribution in [0.4, 0.5) is 0 Å². The van der Waals surface area contributed by atoms with Gasteiger partial charge in [0, 0.05) is 25.6 Å². The van der Waals surface area contributed by atoms with Crippen LogP contribution in [0.25, 0.3) is 0 Å². The summed E-state index contributed by atoms with van der Waals surface area (Å²) in [6.45, 7) is 5.25. The quantitative estimate of drug-likeness (QED) is 0.844. The predicted molar refractivity (Wildman–Crippen MR) is 72.5 cm³/mol. The van der Waals surface area contributed by atoms with E-state index in [4.69, 9.17) is 0 Å². The molecule has 0 aromatic heterocycles. The van der Waals surface area contributed by atoms with Gasteiger partial charge in [0.05, 0.1) is 0 Å². The number of rotatable bonds is 3. The minimum Gasteiger partial charge on any atom is -0.343 e. The molecular weight excluding hydrogens is 236 g/mol. The van der Waals surface area contributed by atoms with E-state index >= 15 is 0 Å². The molecule has 0 aromatic rings. The van der Waals surface area contributed by atoms with Crippen molar-refractivity contribution in [2.24, 2.45) is 5.92 Å². The van der Waals surface area contributed by atoms with Crippen molar-refractivity contribution in [3.05, 3.63) is 0 Å². The van der Waals surface area contributed by atoms with Crippen LogP contribution in [-0.2, 0) is 4.79 Å². The Balaban J connectivity index is 0.00000144. The molecule has 0 aromatic carbocycles. The van der Waals surface area contributed by atoms with Crippen molar-refractivity contribution in [3.8, 4) is 0 Å². The van der Waals surface area contributed by atoms with Crippen LogP contribution in [0.2, 0.25) is 0 Å². The molecule has 0 aliphatic carbocycles. The molecule has 2 aliphatic rings. The van der Waals surface area contributed by atoms with Crippen LogP contribution < -0.4 is 5.32 Å². The molecule has 17 heavy (non-hydrogen) atoms.